The maximum Gasteiger partial charge on any atom is 0.319 e. The summed E-state index contributed by atoms with van der Waals surface area (Å²) in [7, 11) is 1.94. The number of aliphatic hydroxyl groups is 1. The number of benzene rings is 3. The van der Waals surface area contributed by atoms with Gasteiger partial charge in [0.05, 0.1) is 34.7 Å². The van der Waals surface area contributed by atoms with Crippen molar-refractivity contribution in [3.8, 4) is 23.0 Å². The number of hydrogen-bond donors (Lipinski definition) is 3. The number of aromatic nitrogens is 5. The summed E-state index contributed by atoms with van der Waals surface area (Å²) in [5.41, 5.74) is 3.23. The monoisotopic (exact) mass is 982 g/mol. The number of likely N-dealkylation sites (tertiary alicyclic amines) is 2. The minimum Gasteiger partial charge on any atom is -0.508 e. The molecule has 6 aliphatic rings. The van der Waals surface area contributed by atoms with Gasteiger partial charge < -0.3 is 29.6 Å². The maximum absolute atomic E-state index is 17.2. The quantitative estimate of drug-likeness (QED) is 0.107. The normalized spacial score (nSPS) is 24.1. The summed E-state index contributed by atoms with van der Waals surface area (Å²) in [6.45, 7) is 10.3. The molecule has 2 saturated carbocycles. The highest BCUT2D eigenvalue weighted by Crippen LogP contribution is 2.53. The predicted molar refractivity (Wildman–Crippen MR) is 271 cm³/mol. The molecule has 4 aliphatic heterocycles. The number of β-amino-alcohol motifs (C(OH)–C–C–N with tert-alkyl or cyclic N) is 1. The number of phenols is 1. The van der Waals surface area contributed by atoms with Gasteiger partial charge in [-0.05, 0) is 168 Å². The number of rotatable bonds is 11. The standard InChI is InChI=1S/C56H65F2N9O5/c1-4-38-43(57)10-7-35-24-37(68)26-41(46(35)38)49-47(58)50-42(29-59-49)51(67-19-5-14-54(2,71)30-67)62-53(61-50)72-32-56(15-16-56)31-65-22-17-55(18-23-65)27-36(28-55)66-20-12-33(13-21-66)34-6-8-39-44(25-34)64(3)63-48(39)40-9-11-45(69)60-52(40)70/h6-8,10,24-26,29,33,36,40,68,71H,4-5,9,11-23,27-28,30-32H2,1-3H3,(H,60,69,70)/t40?,54-/m1/s1. The molecule has 6 fully saturated rings. The molecule has 6 aromatic rings. The molecule has 72 heavy (non-hydrogen) atoms. The van der Waals surface area contributed by atoms with E-state index in [0.717, 1.165) is 81.4 Å². The summed E-state index contributed by atoms with van der Waals surface area (Å²) in [5, 5.41) is 31.6. The van der Waals surface area contributed by atoms with Gasteiger partial charge in [-0.1, -0.05) is 25.1 Å². The molecule has 14 nitrogen and oxygen atoms in total. The first kappa shape index (κ1) is 47.2. The molecule has 378 valence electrons. The number of fused-ring (bicyclic) bond motifs is 3. The zero-order chi connectivity index (χ0) is 49.7. The van der Waals surface area contributed by atoms with Crippen molar-refractivity contribution in [1.29, 1.82) is 0 Å². The van der Waals surface area contributed by atoms with Crippen molar-refractivity contribution in [2.24, 2.45) is 17.9 Å². The first-order chi connectivity index (χ1) is 34.7. The molecule has 16 heteroatoms. The molecule has 3 aromatic carbocycles. The average Bonchev–Trinajstić information content (AvgIpc) is 4.05. The number of phenolic OH excluding ortho intramolecular Hbond substituents is 1. The number of aromatic hydroxyl groups is 1. The van der Waals surface area contributed by atoms with Crippen molar-refractivity contribution in [2.75, 3.05) is 57.3 Å². The fraction of sp³-hybridized carbons (Fsp3) is 0.536. The molecule has 7 heterocycles. The topological polar surface area (TPSA) is 162 Å². The van der Waals surface area contributed by atoms with Gasteiger partial charge in [-0.3, -0.25) is 24.6 Å². The molecule has 2 amide bonds. The highest BCUT2D eigenvalue weighted by Gasteiger charge is 2.51. The summed E-state index contributed by atoms with van der Waals surface area (Å²) < 4.78 is 40.8. The lowest BCUT2D eigenvalue weighted by Gasteiger charge is -2.56. The Morgan fingerprint density at radius 2 is 1.71 bits per heavy atom. The molecule has 2 atom stereocenters. The summed E-state index contributed by atoms with van der Waals surface area (Å²) in [6, 6.07) is 13.3. The molecule has 4 saturated heterocycles. The summed E-state index contributed by atoms with van der Waals surface area (Å²) >= 11 is 0. The lowest BCUT2D eigenvalue weighted by molar-refractivity contribution is -0.134. The van der Waals surface area contributed by atoms with Crippen LogP contribution in [0.5, 0.6) is 11.8 Å². The van der Waals surface area contributed by atoms with Gasteiger partial charge in [0.15, 0.2) is 5.82 Å². The molecular weight excluding hydrogens is 917 g/mol. The van der Waals surface area contributed by atoms with E-state index in [2.05, 4.69) is 38.3 Å². The fourth-order valence-corrected chi connectivity index (χ4v) is 13.3. The number of nitrogens with one attached hydrogen (secondary N) is 1. The number of anilines is 1. The Morgan fingerprint density at radius 3 is 2.44 bits per heavy atom. The van der Waals surface area contributed by atoms with E-state index in [1.807, 2.05) is 23.6 Å². The molecule has 0 radical (unpaired) electrons. The number of hydrogen-bond acceptors (Lipinski definition) is 12. The maximum atomic E-state index is 17.2. The molecule has 1 spiro atoms. The first-order valence-electron chi connectivity index (χ1n) is 26.3. The van der Waals surface area contributed by atoms with Crippen molar-refractivity contribution in [1.82, 2.24) is 39.8 Å². The van der Waals surface area contributed by atoms with E-state index in [1.54, 1.807) is 25.3 Å². The molecule has 0 bridgehead atoms. The van der Waals surface area contributed by atoms with Crippen LogP contribution in [-0.4, -0.2) is 121 Å². The number of piperidine rings is 4. The van der Waals surface area contributed by atoms with Gasteiger partial charge >= 0.3 is 6.01 Å². The van der Waals surface area contributed by atoms with Gasteiger partial charge in [0.2, 0.25) is 11.8 Å². The molecule has 3 N–H and O–H groups in total. The zero-order valence-corrected chi connectivity index (χ0v) is 41.7. The molecule has 12 rings (SSSR count). The average molecular weight is 982 g/mol. The van der Waals surface area contributed by atoms with Crippen LogP contribution in [-0.2, 0) is 23.1 Å². The number of nitrogens with zero attached hydrogens (tertiary/aromatic N) is 8. The van der Waals surface area contributed by atoms with Gasteiger partial charge in [0.1, 0.15) is 28.6 Å². The largest absolute Gasteiger partial charge is 0.508 e. The van der Waals surface area contributed by atoms with Crippen LogP contribution in [0.1, 0.15) is 120 Å². The van der Waals surface area contributed by atoms with Crippen LogP contribution in [0, 0.1) is 22.5 Å². The number of ether oxygens (including phenoxy) is 1. The van der Waals surface area contributed by atoms with Gasteiger partial charge in [0.25, 0.3) is 0 Å². The number of aryl methyl sites for hydroxylation is 2. The Hall–Kier alpha value is -5.84. The van der Waals surface area contributed by atoms with Crippen LogP contribution in [0.3, 0.4) is 0 Å². The predicted octanol–water partition coefficient (Wildman–Crippen LogP) is 8.43. The highest BCUT2D eigenvalue weighted by molar-refractivity contribution is 6.03. The van der Waals surface area contributed by atoms with Gasteiger partial charge in [-0.25, -0.2) is 8.78 Å². The van der Waals surface area contributed by atoms with Crippen LogP contribution in [0.25, 0.3) is 43.8 Å². The Bertz CT molecular complexity index is 3130. The van der Waals surface area contributed by atoms with Gasteiger partial charge in [0, 0.05) is 61.7 Å². The molecular formula is C56H65F2N9O5. The minimum absolute atomic E-state index is 0.0246. The third kappa shape index (κ3) is 8.64. The van der Waals surface area contributed by atoms with Crippen LogP contribution < -0.4 is 15.0 Å². The number of pyridine rings is 1. The van der Waals surface area contributed by atoms with Crippen LogP contribution in [0.4, 0.5) is 14.6 Å². The van der Waals surface area contributed by atoms with Gasteiger partial charge in [-0.2, -0.15) is 15.1 Å². The van der Waals surface area contributed by atoms with Crippen LogP contribution >= 0.6 is 0 Å². The highest BCUT2D eigenvalue weighted by atomic mass is 19.1. The Morgan fingerprint density at radius 1 is 0.917 bits per heavy atom. The first-order valence-corrected chi connectivity index (χ1v) is 26.3. The fourth-order valence-electron chi connectivity index (χ4n) is 13.3. The van der Waals surface area contributed by atoms with Crippen LogP contribution in [0.2, 0.25) is 0 Å². The number of carbonyl (C=O) groups excluding carboxylic acids is 2. The number of amides is 2. The second-order valence-corrected chi connectivity index (χ2v) is 22.7. The van der Waals surface area contributed by atoms with E-state index in [9.17, 15) is 19.8 Å². The summed E-state index contributed by atoms with van der Waals surface area (Å²) in [6.07, 6.45) is 13.4. The van der Waals surface area contributed by atoms with Crippen molar-refractivity contribution < 1.29 is 33.3 Å². The third-order valence-corrected chi connectivity index (χ3v) is 17.6. The number of imide groups is 1. The van der Waals surface area contributed by atoms with E-state index in [1.165, 1.54) is 43.4 Å². The third-order valence-electron chi connectivity index (χ3n) is 17.6. The van der Waals surface area contributed by atoms with Crippen molar-refractivity contribution in [2.45, 2.75) is 121 Å². The summed E-state index contributed by atoms with van der Waals surface area (Å²) in [4.78, 5) is 46.0. The van der Waals surface area contributed by atoms with E-state index >= 15 is 8.78 Å². The van der Waals surface area contributed by atoms with Gasteiger partial charge in [-0.15, -0.1) is 0 Å². The lowest BCUT2D eigenvalue weighted by atomic mass is 9.59. The SMILES string of the molecule is CCc1c(F)ccc2cc(O)cc(-c3ncc4c(N5CCC[C@@](C)(O)C5)nc(OCC5(CN6CCC7(CC6)CC(N6CCC(c8ccc9c(C%10CCC(=O)NC%10=O)nn(C)c9c8)CC6)C7)CC5)nc4c3F)c12. The van der Waals surface area contributed by atoms with E-state index in [4.69, 9.17) is 19.8 Å². The van der Waals surface area contributed by atoms with E-state index < -0.39 is 23.2 Å². The Balaban J connectivity index is 0.686. The molecule has 1 unspecified atom stereocenters. The minimum atomic E-state index is -0.958. The number of carbonyl (C=O) groups is 2. The van der Waals surface area contributed by atoms with E-state index in [-0.39, 0.29) is 45.8 Å². The van der Waals surface area contributed by atoms with Crippen molar-refractivity contribution >= 4 is 50.2 Å². The van der Waals surface area contributed by atoms with Crippen molar-refractivity contribution in [3.63, 3.8) is 0 Å². The van der Waals surface area contributed by atoms with Crippen LogP contribution in [0.15, 0.2) is 48.7 Å². The van der Waals surface area contributed by atoms with E-state index in [0.29, 0.717) is 90.3 Å². The molecule has 2 aliphatic carbocycles. The zero-order valence-electron chi connectivity index (χ0n) is 41.7. The Labute approximate surface area is 418 Å². The smallest absolute Gasteiger partial charge is 0.319 e. The molecule has 3 aromatic heterocycles. The summed E-state index contributed by atoms with van der Waals surface area (Å²) in [5.74, 6) is -1.12. The lowest BCUT2D eigenvalue weighted by Crippen LogP contribution is -2.56. The Kier molecular flexibility index (Phi) is 11.8. The second-order valence-electron chi connectivity index (χ2n) is 22.7. The number of halogens is 2. The second kappa shape index (κ2) is 18.0. The van der Waals surface area contributed by atoms with Crippen molar-refractivity contribution in [3.05, 3.63) is 77.1 Å².